The maximum atomic E-state index is 5.71. The summed E-state index contributed by atoms with van der Waals surface area (Å²) in [5.74, 6) is 2.78. The number of hydrogen-bond donors (Lipinski definition) is 1. The summed E-state index contributed by atoms with van der Waals surface area (Å²) in [6.07, 6.45) is 3.70. The van der Waals surface area contributed by atoms with Gasteiger partial charge in [-0.05, 0) is 56.4 Å². The maximum absolute atomic E-state index is 5.71. The zero-order chi connectivity index (χ0) is 18.9. The van der Waals surface area contributed by atoms with E-state index in [1.807, 2.05) is 12.1 Å². The SMILES string of the molecule is CCNC(=NCCCOCC1CC1)N1CCN(c2ccc(OC)cc2)CC1.I. The van der Waals surface area contributed by atoms with E-state index in [1.54, 1.807) is 7.11 Å². The average molecular weight is 502 g/mol. The van der Waals surface area contributed by atoms with Crippen LogP contribution in [0.3, 0.4) is 0 Å². The van der Waals surface area contributed by atoms with Crippen molar-refractivity contribution in [1.82, 2.24) is 10.2 Å². The first-order chi connectivity index (χ1) is 13.3. The molecule has 3 rings (SSSR count). The van der Waals surface area contributed by atoms with Gasteiger partial charge in [-0.1, -0.05) is 0 Å². The van der Waals surface area contributed by atoms with Gasteiger partial charge in [0.05, 0.1) is 7.11 Å². The zero-order valence-electron chi connectivity index (χ0n) is 17.2. The first-order valence-electron chi connectivity index (χ1n) is 10.3. The van der Waals surface area contributed by atoms with Crippen molar-refractivity contribution >= 4 is 35.6 Å². The number of ether oxygens (including phenoxy) is 2. The predicted octanol–water partition coefficient (Wildman–Crippen LogP) is 3.22. The third-order valence-corrected chi connectivity index (χ3v) is 5.11. The molecular formula is C21H35IN4O2. The van der Waals surface area contributed by atoms with Gasteiger partial charge in [0.2, 0.25) is 0 Å². The van der Waals surface area contributed by atoms with E-state index >= 15 is 0 Å². The molecule has 0 spiro atoms. The molecule has 1 aliphatic carbocycles. The Morgan fingerprint density at radius 3 is 2.46 bits per heavy atom. The Balaban J connectivity index is 0.00000280. The Labute approximate surface area is 186 Å². The van der Waals surface area contributed by atoms with E-state index in [0.717, 1.165) is 76.5 Å². The van der Waals surface area contributed by atoms with Gasteiger partial charge in [-0.2, -0.15) is 0 Å². The van der Waals surface area contributed by atoms with Crippen LogP contribution in [0.2, 0.25) is 0 Å². The molecule has 1 aromatic carbocycles. The molecule has 1 heterocycles. The molecule has 1 aliphatic heterocycles. The fraction of sp³-hybridized carbons (Fsp3) is 0.667. The number of halogens is 1. The Hall–Kier alpha value is -1.22. The van der Waals surface area contributed by atoms with Crippen molar-refractivity contribution in [2.24, 2.45) is 10.9 Å². The van der Waals surface area contributed by atoms with E-state index in [1.165, 1.54) is 18.5 Å². The lowest BCUT2D eigenvalue weighted by Gasteiger charge is -2.37. The number of methoxy groups -OCH3 is 1. The number of piperazine rings is 1. The summed E-state index contributed by atoms with van der Waals surface area (Å²) in [5.41, 5.74) is 1.25. The minimum atomic E-state index is 0. The second kappa shape index (κ2) is 12.4. The lowest BCUT2D eigenvalue weighted by atomic mass is 10.2. The summed E-state index contributed by atoms with van der Waals surface area (Å²) in [5, 5.41) is 3.44. The first kappa shape index (κ1) is 23.1. The smallest absolute Gasteiger partial charge is 0.194 e. The number of nitrogens with zero attached hydrogens (tertiary/aromatic N) is 3. The topological polar surface area (TPSA) is 49.3 Å². The number of nitrogens with one attached hydrogen (secondary N) is 1. The van der Waals surface area contributed by atoms with Crippen LogP contribution in [0.4, 0.5) is 5.69 Å². The Morgan fingerprint density at radius 2 is 1.86 bits per heavy atom. The van der Waals surface area contributed by atoms with Crippen LogP contribution in [0.5, 0.6) is 5.75 Å². The highest BCUT2D eigenvalue weighted by Crippen LogP contribution is 2.28. The molecule has 0 aromatic heterocycles. The highest BCUT2D eigenvalue weighted by molar-refractivity contribution is 14.0. The van der Waals surface area contributed by atoms with Crippen molar-refractivity contribution in [3.05, 3.63) is 24.3 Å². The molecule has 0 radical (unpaired) electrons. The summed E-state index contributed by atoms with van der Waals surface area (Å²) in [7, 11) is 1.70. The van der Waals surface area contributed by atoms with E-state index in [-0.39, 0.29) is 24.0 Å². The van der Waals surface area contributed by atoms with E-state index < -0.39 is 0 Å². The van der Waals surface area contributed by atoms with Gasteiger partial charge < -0.3 is 24.6 Å². The van der Waals surface area contributed by atoms with Crippen LogP contribution in [0.15, 0.2) is 29.3 Å². The second-order valence-corrected chi connectivity index (χ2v) is 7.28. The molecule has 6 nitrogen and oxygen atoms in total. The summed E-state index contributed by atoms with van der Waals surface area (Å²) < 4.78 is 11.0. The Morgan fingerprint density at radius 1 is 1.14 bits per heavy atom. The van der Waals surface area contributed by atoms with Gasteiger partial charge in [0.25, 0.3) is 0 Å². The average Bonchev–Trinajstić information content (AvgIpc) is 3.54. The molecular weight excluding hydrogens is 467 g/mol. The van der Waals surface area contributed by atoms with E-state index in [9.17, 15) is 0 Å². The highest BCUT2D eigenvalue weighted by atomic mass is 127. The highest BCUT2D eigenvalue weighted by Gasteiger charge is 2.21. The van der Waals surface area contributed by atoms with Crippen molar-refractivity contribution in [2.45, 2.75) is 26.2 Å². The lowest BCUT2D eigenvalue weighted by molar-refractivity contribution is 0.123. The van der Waals surface area contributed by atoms with Crippen molar-refractivity contribution in [2.75, 3.05) is 64.5 Å². The molecule has 1 aromatic rings. The van der Waals surface area contributed by atoms with Crippen LogP contribution in [0.1, 0.15) is 26.2 Å². The minimum Gasteiger partial charge on any atom is -0.497 e. The van der Waals surface area contributed by atoms with Crippen LogP contribution in [-0.4, -0.2) is 70.5 Å². The quantitative estimate of drug-likeness (QED) is 0.243. The molecule has 0 atom stereocenters. The molecule has 2 aliphatic rings. The summed E-state index contributed by atoms with van der Waals surface area (Å²) in [6.45, 7) is 9.58. The Kier molecular flexibility index (Phi) is 10.2. The molecule has 0 unspecified atom stereocenters. The fourth-order valence-corrected chi connectivity index (χ4v) is 3.28. The molecule has 7 heteroatoms. The number of anilines is 1. The fourth-order valence-electron chi connectivity index (χ4n) is 3.28. The summed E-state index contributed by atoms with van der Waals surface area (Å²) in [6, 6.07) is 8.32. The zero-order valence-corrected chi connectivity index (χ0v) is 19.6. The van der Waals surface area contributed by atoms with Gasteiger partial charge in [-0.3, -0.25) is 4.99 Å². The normalized spacial score (nSPS) is 17.3. The molecule has 2 fully saturated rings. The minimum absolute atomic E-state index is 0. The van der Waals surface area contributed by atoms with Crippen LogP contribution in [-0.2, 0) is 4.74 Å². The van der Waals surface area contributed by atoms with Gasteiger partial charge in [-0.15, -0.1) is 24.0 Å². The lowest BCUT2D eigenvalue weighted by Crippen LogP contribution is -2.52. The van der Waals surface area contributed by atoms with Gasteiger partial charge in [0.1, 0.15) is 5.75 Å². The molecule has 0 amide bonds. The van der Waals surface area contributed by atoms with Crippen LogP contribution in [0.25, 0.3) is 0 Å². The van der Waals surface area contributed by atoms with Crippen molar-refractivity contribution in [1.29, 1.82) is 0 Å². The third kappa shape index (κ3) is 7.31. The van der Waals surface area contributed by atoms with Gasteiger partial charge in [-0.25, -0.2) is 0 Å². The standard InChI is InChI=1S/C21H34N4O2.HI/c1-3-22-21(23-11-4-16-27-17-18-5-6-18)25-14-12-24(13-15-25)19-7-9-20(26-2)10-8-19;/h7-10,18H,3-6,11-17H2,1-2H3,(H,22,23);1H. The third-order valence-electron chi connectivity index (χ3n) is 5.11. The number of benzene rings is 1. The second-order valence-electron chi connectivity index (χ2n) is 7.28. The largest absolute Gasteiger partial charge is 0.497 e. The number of hydrogen-bond acceptors (Lipinski definition) is 4. The van der Waals surface area contributed by atoms with Crippen LogP contribution >= 0.6 is 24.0 Å². The van der Waals surface area contributed by atoms with Crippen molar-refractivity contribution in [3.63, 3.8) is 0 Å². The predicted molar refractivity (Wildman–Crippen MR) is 126 cm³/mol. The monoisotopic (exact) mass is 502 g/mol. The number of rotatable bonds is 9. The summed E-state index contributed by atoms with van der Waals surface area (Å²) >= 11 is 0. The van der Waals surface area contributed by atoms with Crippen LogP contribution in [0, 0.1) is 5.92 Å². The molecule has 1 saturated carbocycles. The van der Waals surface area contributed by atoms with Gasteiger partial charge in [0.15, 0.2) is 5.96 Å². The van der Waals surface area contributed by atoms with Gasteiger partial charge in [0, 0.05) is 58.2 Å². The van der Waals surface area contributed by atoms with E-state index in [0.29, 0.717) is 0 Å². The molecule has 28 heavy (non-hydrogen) atoms. The van der Waals surface area contributed by atoms with Crippen molar-refractivity contribution < 1.29 is 9.47 Å². The van der Waals surface area contributed by atoms with Gasteiger partial charge >= 0.3 is 0 Å². The molecule has 1 saturated heterocycles. The van der Waals surface area contributed by atoms with Crippen molar-refractivity contribution in [3.8, 4) is 5.75 Å². The van der Waals surface area contributed by atoms with E-state index in [2.05, 4.69) is 34.2 Å². The molecule has 0 bridgehead atoms. The molecule has 1 N–H and O–H groups in total. The summed E-state index contributed by atoms with van der Waals surface area (Å²) in [4.78, 5) is 9.60. The number of guanidine groups is 1. The number of aliphatic imine (C=N–C) groups is 1. The van der Waals surface area contributed by atoms with E-state index in [4.69, 9.17) is 14.5 Å². The maximum Gasteiger partial charge on any atom is 0.194 e. The van der Waals surface area contributed by atoms with Crippen LogP contribution < -0.4 is 15.0 Å². The molecule has 158 valence electrons. The first-order valence-corrected chi connectivity index (χ1v) is 10.3. The Bertz CT molecular complexity index is 585.